The molecule has 27 heavy (non-hydrogen) atoms. The molecule has 0 saturated carbocycles. The Morgan fingerprint density at radius 3 is 2.70 bits per heavy atom. The number of carbonyl (C=O) groups excluding carboxylic acids is 1. The van der Waals surface area contributed by atoms with Gasteiger partial charge in [0, 0.05) is 17.4 Å². The summed E-state index contributed by atoms with van der Waals surface area (Å²) >= 11 is 0. The molecule has 0 spiro atoms. The van der Waals surface area contributed by atoms with E-state index in [9.17, 15) is 13.2 Å². The molecule has 0 fully saturated rings. The molecule has 4 aromatic rings. The van der Waals surface area contributed by atoms with Crippen molar-refractivity contribution in [2.24, 2.45) is 0 Å². The number of pyridine rings is 1. The summed E-state index contributed by atoms with van der Waals surface area (Å²) in [4.78, 5) is 17.1. The van der Waals surface area contributed by atoms with Gasteiger partial charge < -0.3 is 4.42 Å². The number of ketones is 1. The summed E-state index contributed by atoms with van der Waals surface area (Å²) in [5.74, 6) is 0.113. The first kappa shape index (κ1) is 17.2. The van der Waals surface area contributed by atoms with Crippen molar-refractivity contribution in [2.75, 3.05) is 6.26 Å². The average Bonchev–Trinajstić information content (AvgIpc) is 3.30. The Bertz CT molecular complexity index is 1240. The monoisotopic (exact) mass is 381 g/mol. The smallest absolute Gasteiger partial charge is 0.175 e. The van der Waals surface area contributed by atoms with Gasteiger partial charge in [0.1, 0.15) is 0 Å². The van der Waals surface area contributed by atoms with E-state index in [1.165, 1.54) is 12.1 Å². The standard InChI is InChI=1S/C19H15N3O4S/c1-27(24,25)15-5-2-4-13(10-15)17(23)11-18-20-19-7-3-6-16(22(19)21-18)14-8-9-26-12-14/h2-10,12H,11H2,1H3. The average molecular weight is 381 g/mol. The van der Waals surface area contributed by atoms with Gasteiger partial charge in [0.25, 0.3) is 0 Å². The molecule has 0 bridgehead atoms. The highest BCUT2D eigenvalue weighted by atomic mass is 32.2. The van der Waals surface area contributed by atoms with Crippen LogP contribution in [0.1, 0.15) is 16.2 Å². The SMILES string of the molecule is CS(=O)(=O)c1cccc(C(=O)Cc2nc3cccc(-c4ccoc4)n3n2)c1. The number of hydrogen-bond donors (Lipinski definition) is 0. The van der Waals surface area contributed by atoms with Crippen molar-refractivity contribution in [2.45, 2.75) is 11.3 Å². The molecule has 0 aliphatic carbocycles. The maximum absolute atomic E-state index is 12.6. The summed E-state index contributed by atoms with van der Waals surface area (Å²) < 4.78 is 30.1. The van der Waals surface area contributed by atoms with Crippen LogP contribution in [-0.2, 0) is 16.3 Å². The second-order valence-corrected chi connectivity index (χ2v) is 8.14. The molecule has 3 heterocycles. The zero-order chi connectivity index (χ0) is 19.0. The first-order chi connectivity index (χ1) is 12.9. The van der Waals surface area contributed by atoms with Crippen LogP contribution in [0.4, 0.5) is 0 Å². The molecule has 0 N–H and O–H groups in total. The number of fused-ring (bicyclic) bond motifs is 1. The number of nitrogens with zero attached hydrogens (tertiary/aromatic N) is 3. The predicted octanol–water partition coefficient (Wildman–Crippen LogP) is 2.82. The van der Waals surface area contributed by atoms with Gasteiger partial charge in [-0.25, -0.2) is 17.9 Å². The lowest BCUT2D eigenvalue weighted by atomic mass is 10.1. The number of Topliss-reactive ketones (excluding diaryl/α,β-unsaturated/α-hetero) is 1. The van der Waals surface area contributed by atoms with Gasteiger partial charge in [-0.1, -0.05) is 18.2 Å². The number of aromatic nitrogens is 3. The molecule has 7 nitrogen and oxygen atoms in total. The van der Waals surface area contributed by atoms with Crippen molar-refractivity contribution in [3.05, 3.63) is 72.4 Å². The highest BCUT2D eigenvalue weighted by Gasteiger charge is 2.16. The number of sulfone groups is 1. The fourth-order valence-electron chi connectivity index (χ4n) is 2.80. The summed E-state index contributed by atoms with van der Waals surface area (Å²) in [6.45, 7) is 0. The van der Waals surface area contributed by atoms with E-state index < -0.39 is 9.84 Å². The van der Waals surface area contributed by atoms with E-state index in [2.05, 4.69) is 10.1 Å². The molecule has 0 atom stereocenters. The van der Waals surface area contributed by atoms with Crippen LogP contribution in [-0.4, -0.2) is 35.1 Å². The van der Waals surface area contributed by atoms with Crippen LogP contribution in [0, 0.1) is 0 Å². The first-order valence-electron chi connectivity index (χ1n) is 8.12. The molecule has 1 aromatic carbocycles. The Hall–Kier alpha value is -3.26. The molecule has 0 saturated heterocycles. The van der Waals surface area contributed by atoms with Gasteiger partial charge in [0.2, 0.25) is 0 Å². The highest BCUT2D eigenvalue weighted by molar-refractivity contribution is 7.90. The minimum atomic E-state index is -3.38. The van der Waals surface area contributed by atoms with Crippen LogP contribution >= 0.6 is 0 Å². The third-order valence-corrected chi connectivity index (χ3v) is 5.23. The van der Waals surface area contributed by atoms with Crippen LogP contribution in [0.15, 0.2) is 70.4 Å². The molecular weight excluding hydrogens is 366 g/mol. The molecule has 4 rings (SSSR count). The van der Waals surface area contributed by atoms with E-state index in [1.54, 1.807) is 35.2 Å². The molecule has 3 aromatic heterocycles. The zero-order valence-electron chi connectivity index (χ0n) is 14.4. The summed E-state index contributed by atoms with van der Waals surface area (Å²) in [5, 5.41) is 4.43. The number of hydrogen-bond acceptors (Lipinski definition) is 6. The predicted molar refractivity (Wildman–Crippen MR) is 98.3 cm³/mol. The second kappa shape index (κ2) is 6.48. The van der Waals surface area contributed by atoms with Crippen LogP contribution < -0.4 is 0 Å². The van der Waals surface area contributed by atoms with Gasteiger partial charge in [0.05, 0.1) is 29.5 Å². The molecule has 0 aliphatic rings. The van der Waals surface area contributed by atoms with Crippen LogP contribution in [0.2, 0.25) is 0 Å². The van der Waals surface area contributed by atoms with Gasteiger partial charge in [-0.05, 0) is 30.3 Å². The maximum atomic E-state index is 12.6. The summed E-state index contributed by atoms with van der Waals surface area (Å²) in [6.07, 6.45) is 4.26. The van der Waals surface area contributed by atoms with Crippen molar-refractivity contribution in [3.63, 3.8) is 0 Å². The maximum Gasteiger partial charge on any atom is 0.175 e. The lowest BCUT2D eigenvalue weighted by molar-refractivity contribution is 0.0990. The summed E-state index contributed by atoms with van der Waals surface area (Å²) in [5.41, 5.74) is 2.57. The third kappa shape index (κ3) is 3.39. The minimum Gasteiger partial charge on any atom is -0.472 e. The molecule has 0 aliphatic heterocycles. The van der Waals surface area contributed by atoms with Gasteiger partial charge in [-0.2, -0.15) is 5.10 Å². The van der Waals surface area contributed by atoms with Gasteiger partial charge in [-0.3, -0.25) is 4.79 Å². The Balaban J connectivity index is 1.66. The van der Waals surface area contributed by atoms with Crippen molar-refractivity contribution in [1.82, 2.24) is 14.6 Å². The highest BCUT2D eigenvalue weighted by Crippen LogP contribution is 2.21. The van der Waals surface area contributed by atoms with Gasteiger partial charge >= 0.3 is 0 Å². The van der Waals surface area contributed by atoms with Crippen LogP contribution in [0.25, 0.3) is 16.9 Å². The molecule has 0 amide bonds. The molecule has 136 valence electrons. The van der Waals surface area contributed by atoms with E-state index in [1.807, 2.05) is 18.2 Å². The second-order valence-electron chi connectivity index (χ2n) is 6.12. The van der Waals surface area contributed by atoms with Gasteiger partial charge in [-0.15, -0.1) is 0 Å². The summed E-state index contributed by atoms with van der Waals surface area (Å²) in [7, 11) is -3.38. The van der Waals surface area contributed by atoms with E-state index in [0.29, 0.717) is 17.0 Å². The number of furan rings is 1. The minimum absolute atomic E-state index is 0.0281. The first-order valence-corrected chi connectivity index (χ1v) is 10.0. The van der Waals surface area contributed by atoms with Crippen molar-refractivity contribution >= 4 is 21.3 Å². The fourth-order valence-corrected chi connectivity index (χ4v) is 3.47. The largest absolute Gasteiger partial charge is 0.472 e. The topological polar surface area (TPSA) is 94.5 Å². The molecule has 0 radical (unpaired) electrons. The van der Waals surface area contributed by atoms with Crippen LogP contribution in [0.3, 0.4) is 0 Å². The van der Waals surface area contributed by atoms with E-state index >= 15 is 0 Å². The molecule has 0 unspecified atom stereocenters. The van der Waals surface area contributed by atoms with E-state index in [-0.39, 0.29) is 17.1 Å². The lowest BCUT2D eigenvalue weighted by Gasteiger charge is -2.02. The zero-order valence-corrected chi connectivity index (χ0v) is 15.2. The quantitative estimate of drug-likeness (QED) is 0.493. The van der Waals surface area contributed by atoms with Crippen molar-refractivity contribution < 1.29 is 17.6 Å². The molecular formula is C19H15N3O4S. The Labute approximate surface area is 155 Å². The Morgan fingerprint density at radius 1 is 1.15 bits per heavy atom. The summed E-state index contributed by atoms with van der Waals surface area (Å²) in [6, 6.07) is 13.3. The third-order valence-electron chi connectivity index (χ3n) is 4.12. The van der Waals surface area contributed by atoms with E-state index in [0.717, 1.165) is 17.5 Å². The number of benzene rings is 1. The van der Waals surface area contributed by atoms with Crippen molar-refractivity contribution in [3.8, 4) is 11.3 Å². The lowest BCUT2D eigenvalue weighted by Crippen LogP contribution is -2.07. The number of rotatable bonds is 5. The molecule has 8 heteroatoms. The van der Waals surface area contributed by atoms with Gasteiger partial charge in [0.15, 0.2) is 27.1 Å². The fraction of sp³-hybridized carbons (Fsp3) is 0.105. The normalized spacial score (nSPS) is 11.7. The van der Waals surface area contributed by atoms with E-state index in [4.69, 9.17) is 4.42 Å². The number of carbonyl (C=O) groups is 1. The van der Waals surface area contributed by atoms with Crippen molar-refractivity contribution in [1.29, 1.82) is 0 Å². The Morgan fingerprint density at radius 2 is 1.96 bits per heavy atom. The van der Waals surface area contributed by atoms with Crippen LogP contribution in [0.5, 0.6) is 0 Å². The Kier molecular flexibility index (Phi) is 4.12.